The van der Waals surface area contributed by atoms with Crippen LogP contribution in [0.3, 0.4) is 0 Å². The Kier molecular flexibility index (Phi) is 8.93. The second-order valence-electron chi connectivity index (χ2n) is 9.87. The van der Waals surface area contributed by atoms with Crippen molar-refractivity contribution in [3.63, 3.8) is 0 Å². The van der Waals surface area contributed by atoms with Crippen LogP contribution in [0.15, 0.2) is 41.4 Å². The van der Waals surface area contributed by atoms with Crippen LogP contribution in [0.4, 0.5) is 5.00 Å². The van der Waals surface area contributed by atoms with Gasteiger partial charge in [0.25, 0.3) is 5.91 Å². The fourth-order valence-electron chi connectivity index (χ4n) is 5.24. The summed E-state index contributed by atoms with van der Waals surface area (Å²) >= 11 is 13.9. The van der Waals surface area contributed by atoms with Gasteiger partial charge in [-0.25, -0.2) is 4.99 Å². The summed E-state index contributed by atoms with van der Waals surface area (Å²) in [4.78, 5) is 19.7. The van der Waals surface area contributed by atoms with Crippen LogP contribution in [0.25, 0.3) is 0 Å². The number of ether oxygens (including phenoxy) is 2. The standard InChI is InChI=1S/C30H32Cl2N2O3S/c1-36-25-12-7-8-20(28(25)37-18-19-14-15-23(31)24(32)16-19)17-33-30-27(22-11-5-6-13-26(22)38-30)29(35)34-21-9-3-2-4-10-21/h7-8,12,14-17,21H,2-6,9-11,13,18H2,1H3,(H,34,35). The predicted molar refractivity (Wildman–Crippen MR) is 156 cm³/mol. The van der Waals surface area contributed by atoms with Crippen molar-refractivity contribution in [2.24, 2.45) is 4.99 Å². The summed E-state index contributed by atoms with van der Waals surface area (Å²) in [7, 11) is 1.61. The number of nitrogens with one attached hydrogen (secondary N) is 1. The van der Waals surface area contributed by atoms with E-state index in [-0.39, 0.29) is 11.9 Å². The molecule has 38 heavy (non-hydrogen) atoms. The van der Waals surface area contributed by atoms with Gasteiger partial charge in [0, 0.05) is 22.7 Å². The van der Waals surface area contributed by atoms with Crippen molar-refractivity contribution >= 4 is 51.7 Å². The zero-order valence-electron chi connectivity index (χ0n) is 21.5. The first kappa shape index (κ1) is 27.0. The summed E-state index contributed by atoms with van der Waals surface area (Å²) in [6, 6.07) is 11.4. The fraction of sp³-hybridized carbons (Fsp3) is 0.400. The number of hydrogen-bond donors (Lipinski definition) is 1. The maximum absolute atomic E-state index is 13.5. The molecule has 2 aromatic carbocycles. The zero-order valence-corrected chi connectivity index (χ0v) is 23.9. The van der Waals surface area contributed by atoms with E-state index in [4.69, 9.17) is 37.7 Å². The van der Waals surface area contributed by atoms with Gasteiger partial charge in [-0.3, -0.25) is 4.79 Å². The van der Waals surface area contributed by atoms with Crippen molar-refractivity contribution in [1.29, 1.82) is 0 Å². The first-order valence-electron chi connectivity index (χ1n) is 13.3. The third kappa shape index (κ3) is 6.19. The quantitative estimate of drug-likeness (QED) is 0.277. The Bertz CT molecular complexity index is 1330. The number of benzene rings is 2. The van der Waals surface area contributed by atoms with E-state index < -0.39 is 0 Å². The predicted octanol–water partition coefficient (Wildman–Crippen LogP) is 8.33. The van der Waals surface area contributed by atoms with Gasteiger partial charge in [-0.15, -0.1) is 11.3 Å². The van der Waals surface area contributed by atoms with E-state index in [0.29, 0.717) is 28.2 Å². The minimum Gasteiger partial charge on any atom is -0.493 e. The Morgan fingerprint density at radius 2 is 1.89 bits per heavy atom. The summed E-state index contributed by atoms with van der Waals surface area (Å²) in [5, 5.41) is 5.07. The fourth-order valence-corrected chi connectivity index (χ4v) is 6.79. The van der Waals surface area contributed by atoms with Crippen molar-refractivity contribution in [2.45, 2.75) is 70.4 Å². The summed E-state index contributed by atoms with van der Waals surface area (Å²) in [5.41, 5.74) is 3.60. The van der Waals surface area contributed by atoms with Crippen molar-refractivity contribution in [2.75, 3.05) is 7.11 Å². The van der Waals surface area contributed by atoms with E-state index in [9.17, 15) is 4.79 Å². The number of aliphatic imine (C=N–C) groups is 1. The number of para-hydroxylation sites is 1. The number of fused-ring (bicyclic) bond motifs is 1. The molecule has 2 aliphatic carbocycles. The van der Waals surface area contributed by atoms with E-state index >= 15 is 0 Å². The number of thiophene rings is 1. The molecule has 1 heterocycles. The molecule has 5 rings (SSSR count). The van der Waals surface area contributed by atoms with Crippen molar-refractivity contribution < 1.29 is 14.3 Å². The van der Waals surface area contributed by atoms with Gasteiger partial charge in [0.05, 0.1) is 22.7 Å². The molecule has 0 unspecified atom stereocenters. The number of hydrogen-bond acceptors (Lipinski definition) is 5. The zero-order chi connectivity index (χ0) is 26.5. The van der Waals surface area contributed by atoms with Gasteiger partial charge in [0.1, 0.15) is 11.6 Å². The monoisotopic (exact) mass is 570 g/mol. The molecule has 1 fully saturated rings. The second-order valence-corrected chi connectivity index (χ2v) is 11.8. The molecule has 0 saturated heterocycles. The first-order valence-corrected chi connectivity index (χ1v) is 14.8. The average Bonchev–Trinajstić information content (AvgIpc) is 3.31. The molecule has 0 aliphatic heterocycles. The number of halogens is 2. The highest BCUT2D eigenvalue weighted by atomic mass is 35.5. The highest BCUT2D eigenvalue weighted by Gasteiger charge is 2.27. The molecule has 1 amide bonds. The lowest BCUT2D eigenvalue weighted by molar-refractivity contribution is 0.0927. The second kappa shape index (κ2) is 12.5. The average molecular weight is 572 g/mol. The Labute approximate surface area is 238 Å². The van der Waals surface area contributed by atoms with Crippen molar-refractivity contribution in [3.8, 4) is 11.5 Å². The van der Waals surface area contributed by atoms with Gasteiger partial charge in [-0.2, -0.15) is 0 Å². The van der Waals surface area contributed by atoms with Crippen molar-refractivity contribution in [3.05, 3.63) is 73.6 Å². The number of carbonyl (C=O) groups is 1. The van der Waals surface area contributed by atoms with Gasteiger partial charge in [-0.1, -0.05) is 54.6 Å². The molecule has 0 spiro atoms. The number of amides is 1. The molecule has 200 valence electrons. The van der Waals surface area contributed by atoms with Gasteiger partial charge in [0.2, 0.25) is 0 Å². The summed E-state index contributed by atoms with van der Waals surface area (Å²) < 4.78 is 11.8. The Morgan fingerprint density at radius 1 is 1.08 bits per heavy atom. The number of aryl methyl sites for hydroxylation is 1. The van der Waals surface area contributed by atoms with Crippen LogP contribution in [0.1, 0.15) is 76.9 Å². The number of nitrogens with zero attached hydrogens (tertiary/aromatic N) is 1. The molecule has 1 N–H and O–H groups in total. The number of methoxy groups -OCH3 is 1. The Morgan fingerprint density at radius 3 is 2.68 bits per heavy atom. The minimum absolute atomic E-state index is 0.0187. The molecule has 1 saturated carbocycles. The molecule has 0 atom stereocenters. The summed E-state index contributed by atoms with van der Waals surface area (Å²) in [6.07, 6.45) is 11.7. The van der Waals surface area contributed by atoms with E-state index in [1.165, 1.54) is 29.7 Å². The maximum Gasteiger partial charge on any atom is 0.254 e. The SMILES string of the molecule is COc1cccc(C=Nc2sc3c(c2C(=O)NC2CCCCC2)CCCC3)c1OCc1ccc(Cl)c(Cl)c1. The van der Waals surface area contributed by atoms with Crippen LogP contribution < -0.4 is 14.8 Å². The molecule has 8 heteroatoms. The van der Waals surface area contributed by atoms with E-state index in [2.05, 4.69) is 5.32 Å². The summed E-state index contributed by atoms with van der Waals surface area (Å²) in [6.45, 7) is 0.292. The van der Waals surface area contributed by atoms with Crippen LogP contribution in [-0.4, -0.2) is 25.3 Å². The van der Waals surface area contributed by atoms with Crippen LogP contribution >= 0.6 is 34.5 Å². The van der Waals surface area contributed by atoms with E-state index in [1.807, 2.05) is 24.3 Å². The molecular formula is C30H32Cl2N2O3S. The lowest BCUT2D eigenvalue weighted by Gasteiger charge is -2.23. The largest absolute Gasteiger partial charge is 0.493 e. The lowest BCUT2D eigenvalue weighted by atomic mass is 9.93. The molecule has 1 aromatic heterocycles. The molecule has 3 aromatic rings. The van der Waals surface area contributed by atoms with Gasteiger partial charge in [0.15, 0.2) is 11.5 Å². The molecular weight excluding hydrogens is 539 g/mol. The molecule has 0 radical (unpaired) electrons. The van der Waals surface area contributed by atoms with Gasteiger partial charge in [-0.05, 0) is 73.9 Å². The number of rotatable bonds is 8. The molecule has 0 bridgehead atoms. The van der Waals surface area contributed by atoms with Crippen molar-refractivity contribution in [1.82, 2.24) is 5.32 Å². The molecule has 2 aliphatic rings. The lowest BCUT2D eigenvalue weighted by Crippen LogP contribution is -2.36. The number of carbonyl (C=O) groups excluding carboxylic acids is 1. The Balaban J connectivity index is 1.42. The van der Waals surface area contributed by atoms with Gasteiger partial charge >= 0.3 is 0 Å². The van der Waals surface area contributed by atoms with Crippen LogP contribution in [0.5, 0.6) is 11.5 Å². The first-order chi connectivity index (χ1) is 18.5. The van der Waals surface area contributed by atoms with Gasteiger partial charge < -0.3 is 14.8 Å². The highest BCUT2D eigenvalue weighted by molar-refractivity contribution is 7.16. The van der Waals surface area contributed by atoms with Crippen LogP contribution in [-0.2, 0) is 19.4 Å². The normalized spacial score (nSPS) is 15.9. The topological polar surface area (TPSA) is 59.9 Å². The molecule has 5 nitrogen and oxygen atoms in total. The summed E-state index contributed by atoms with van der Waals surface area (Å²) in [5.74, 6) is 1.21. The van der Waals surface area contributed by atoms with E-state index in [0.717, 1.165) is 60.2 Å². The third-order valence-electron chi connectivity index (χ3n) is 7.24. The van der Waals surface area contributed by atoms with Crippen LogP contribution in [0.2, 0.25) is 10.0 Å². The Hall–Kier alpha value is -2.54. The minimum atomic E-state index is 0.0187. The smallest absolute Gasteiger partial charge is 0.254 e. The maximum atomic E-state index is 13.5. The third-order valence-corrected chi connectivity index (χ3v) is 9.18. The van der Waals surface area contributed by atoms with Crippen LogP contribution in [0, 0.1) is 0 Å². The highest BCUT2D eigenvalue weighted by Crippen LogP contribution is 2.40. The van der Waals surface area contributed by atoms with E-state index in [1.54, 1.807) is 36.8 Å².